The molecule has 0 bridgehead atoms. The number of thioether (sulfide) groups is 1. The third-order valence-corrected chi connectivity index (χ3v) is 3.15. The molecule has 0 rings (SSSR count). The fraction of sp³-hybridized carbons (Fsp3) is 0.900. The lowest BCUT2D eigenvalue weighted by molar-refractivity contribution is -0.144. The number of rotatable bonds is 8. The summed E-state index contributed by atoms with van der Waals surface area (Å²) in [6.07, 6.45) is -0.459. The van der Waals surface area contributed by atoms with E-state index < -0.39 is 6.10 Å². The van der Waals surface area contributed by atoms with E-state index in [2.05, 4.69) is 4.74 Å². The molecule has 0 aromatic carbocycles. The number of esters is 1. The molecule has 0 aliphatic carbocycles. The van der Waals surface area contributed by atoms with Gasteiger partial charge in [-0.2, -0.15) is 11.8 Å². The van der Waals surface area contributed by atoms with Crippen LogP contribution in [0.25, 0.3) is 0 Å². The van der Waals surface area contributed by atoms with Gasteiger partial charge in [-0.25, -0.2) is 0 Å². The largest absolute Gasteiger partial charge is 0.469 e. The van der Waals surface area contributed by atoms with E-state index in [0.29, 0.717) is 24.7 Å². The zero-order valence-corrected chi connectivity index (χ0v) is 10.4. The molecule has 0 aliphatic rings. The first-order valence-electron chi connectivity index (χ1n) is 5.03. The molecule has 0 aromatic rings. The van der Waals surface area contributed by atoms with Crippen LogP contribution < -0.4 is 0 Å². The monoisotopic (exact) mass is 236 g/mol. The normalized spacial score (nSPS) is 14.7. The number of carbonyl (C=O) groups is 1. The van der Waals surface area contributed by atoms with Crippen LogP contribution in [0.2, 0.25) is 0 Å². The van der Waals surface area contributed by atoms with Crippen LogP contribution in [0.1, 0.15) is 13.8 Å². The summed E-state index contributed by atoms with van der Waals surface area (Å²) in [6.45, 7) is 4.67. The Balaban J connectivity index is 3.47. The first-order valence-corrected chi connectivity index (χ1v) is 6.18. The van der Waals surface area contributed by atoms with Gasteiger partial charge in [0.1, 0.15) is 0 Å². The van der Waals surface area contributed by atoms with Gasteiger partial charge < -0.3 is 14.6 Å². The Morgan fingerprint density at radius 1 is 1.47 bits per heavy atom. The molecule has 0 fully saturated rings. The number of aliphatic hydroxyl groups is 1. The van der Waals surface area contributed by atoms with Crippen molar-refractivity contribution in [3.05, 3.63) is 0 Å². The van der Waals surface area contributed by atoms with E-state index in [1.807, 2.05) is 13.8 Å². The molecule has 0 heterocycles. The topological polar surface area (TPSA) is 55.8 Å². The van der Waals surface area contributed by atoms with E-state index in [0.717, 1.165) is 0 Å². The van der Waals surface area contributed by atoms with Gasteiger partial charge in [-0.15, -0.1) is 0 Å². The van der Waals surface area contributed by atoms with E-state index in [9.17, 15) is 9.90 Å². The van der Waals surface area contributed by atoms with Crippen LogP contribution in [0.3, 0.4) is 0 Å². The average molecular weight is 236 g/mol. The highest BCUT2D eigenvalue weighted by molar-refractivity contribution is 7.99. The molecule has 2 atom stereocenters. The summed E-state index contributed by atoms with van der Waals surface area (Å²) in [6, 6.07) is 0. The van der Waals surface area contributed by atoms with Gasteiger partial charge in [0, 0.05) is 18.1 Å². The average Bonchev–Trinajstić information content (AvgIpc) is 2.24. The molecule has 0 aliphatic heterocycles. The molecular formula is C10H20O4S. The lowest BCUT2D eigenvalue weighted by atomic mass is 10.2. The number of hydrogen-bond donors (Lipinski definition) is 1. The lowest BCUT2D eigenvalue weighted by Gasteiger charge is -2.12. The SMILES string of the molecule is CCOCC(O)CSCC(C)C(=O)OC. The second-order valence-electron chi connectivity index (χ2n) is 3.27. The van der Waals surface area contributed by atoms with Crippen molar-refractivity contribution in [2.45, 2.75) is 20.0 Å². The van der Waals surface area contributed by atoms with Crippen molar-refractivity contribution >= 4 is 17.7 Å². The van der Waals surface area contributed by atoms with Crippen molar-refractivity contribution < 1.29 is 19.4 Å². The van der Waals surface area contributed by atoms with Crippen molar-refractivity contribution in [2.24, 2.45) is 5.92 Å². The van der Waals surface area contributed by atoms with E-state index in [-0.39, 0.29) is 11.9 Å². The summed E-state index contributed by atoms with van der Waals surface area (Å²) in [4.78, 5) is 11.0. The maximum Gasteiger partial charge on any atom is 0.309 e. The molecule has 15 heavy (non-hydrogen) atoms. The van der Waals surface area contributed by atoms with Crippen molar-refractivity contribution in [1.29, 1.82) is 0 Å². The predicted octanol–water partition coefficient (Wildman–Crippen LogP) is 0.926. The van der Waals surface area contributed by atoms with E-state index >= 15 is 0 Å². The Morgan fingerprint density at radius 2 is 2.13 bits per heavy atom. The maximum absolute atomic E-state index is 11.0. The predicted molar refractivity (Wildman–Crippen MR) is 61.0 cm³/mol. The van der Waals surface area contributed by atoms with Crippen LogP contribution in [0.4, 0.5) is 0 Å². The smallest absolute Gasteiger partial charge is 0.309 e. The maximum atomic E-state index is 11.0. The van der Waals surface area contributed by atoms with Gasteiger partial charge in [-0.3, -0.25) is 4.79 Å². The Kier molecular flexibility index (Phi) is 8.85. The zero-order valence-electron chi connectivity index (χ0n) is 9.56. The molecular weight excluding hydrogens is 216 g/mol. The highest BCUT2D eigenvalue weighted by atomic mass is 32.2. The quantitative estimate of drug-likeness (QED) is 0.635. The minimum Gasteiger partial charge on any atom is -0.469 e. The number of ether oxygens (including phenoxy) is 2. The Bertz CT molecular complexity index is 175. The first-order chi connectivity index (χ1) is 7.11. The summed E-state index contributed by atoms with van der Waals surface area (Å²) < 4.78 is 9.66. The highest BCUT2D eigenvalue weighted by Crippen LogP contribution is 2.11. The van der Waals surface area contributed by atoms with Gasteiger partial charge in [-0.1, -0.05) is 6.92 Å². The Hall–Kier alpha value is -0.260. The molecule has 0 saturated heterocycles. The number of methoxy groups -OCH3 is 1. The number of carbonyl (C=O) groups excluding carboxylic acids is 1. The molecule has 0 saturated carbocycles. The van der Waals surface area contributed by atoms with Crippen molar-refractivity contribution in [1.82, 2.24) is 0 Å². The van der Waals surface area contributed by atoms with Crippen LogP contribution >= 0.6 is 11.8 Å². The zero-order chi connectivity index (χ0) is 11.7. The van der Waals surface area contributed by atoms with Crippen LogP contribution in [-0.2, 0) is 14.3 Å². The standard InChI is InChI=1S/C10H20O4S/c1-4-14-5-9(11)7-15-6-8(2)10(12)13-3/h8-9,11H,4-7H2,1-3H3. The van der Waals surface area contributed by atoms with Crippen LogP contribution in [0.5, 0.6) is 0 Å². The summed E-state index contributed by atoms with van der Waals surface area (Å²) in [5.74, 6) is 0.915. The Labute approximate surface area is 95.3 Å². The van der Waals surface area contributed by atoms with Crippen LogP contribution in [-0.4, -0.2) is 49.0 Å². The van der Waals surface area contributed by atoms with E-state index in [1.165, 1.54) is 18.9 Å². The molecule has 0 aromatic heterocycles. The molecule has 5 heteroatoms. The minimum atomic E-state index is -0.459. The summed E-state index contributed by atoms with van der Waals surface area (Å²) in [5.41, 5.74) is 0. The fourth-order valence-electron chi connectivity index (χ4n) is 0.952. The molecule has 4 nitrogen and oxygen atoms in total. The molecule has 0 amide bonds. The van der Waals surface area contributed by atoms with Gasteiger partial charge >= 0.3 is 5.97 Å². The minimum absolute atomic E-state index is 0.126. The molecule has 0 spiro atoms. The van der Waals surface area contributed by atoms with Crippen molar-refractivity contribution in [2.75, 3.05) is 31.8 Å². The Morgan fingerprint density at radius 3 is 2.67 bits per heavy atom. The van der Waals surface area contributed by atoms with E-state index in [4.69, 9.17) is 4.74 Å². The second kappa shape index (κ2) is 9.00. The summed E-state index contributed by atoms with van der Waals surface area (Å²) in [7, 11) is 1.38. The van der Waals surface area contributed by atoms with Crippen LogP contribution in [0.15, 0.2) is 0 Å². The molecule has 1 N–H and O–H groups in total. The third-order valence-electron chi connectivity index (χ3n) is 1.80. The van der Waals surface area contributed by atoms with Gasteiger partial charge in [0.25, 0.3) is 0 Å². The fourth-order valence-corrected chi connectivity index (χ4v) is 1.95. The molecule has 90 valence electrons. The lowest BCUT2D eigenvalue weighted by Crippen LogP contribution is -2.20. The van der Waals surface area contributed by atoms with Gasteiger partial charge in [0.05, 0.1) is 25.7 Å². The molecule has 2 unspecified atom stereocenters. The number of aliphatic hydroxyl groups excluding tert-OH is 1. The van der Waals surface area contributed by atoms with Crippen molar-refractivity contribution in [3.8, 4) is 0 Å². The van der Waals surface area contributed by atoms with E-state index in [1.54, 1.807) is 0 Å². The van der Waals surface area contributed by atoms with Gasteiger partial charge in [0.2, 0.25) is 0 Å². The van der Waals surface area contributed by atoms with Crippen LogP contribution in [0, 0.1) is 5.92 Å². The van der Waals surface area contributed by atoms with Gasteiger partial charge in [0.15, 0.2) is 0 Å². The molecule has 0 radical (unpaired) electrons. The van der Waals surface area contributed by atoms with Crippen molar-refractivity contribution in [3.63, 3.8) is 0 Å². The third kappa shape index (κ3) is 7.64. The first kappa shape index (κ1) is 14.7. The summed E-state index contributed by atoms with van der Waals surface area (Å²) >= 11 is 1.53. The van der Waals surface area contributed by atoms with Gasteiger partial charge in [-0.05, 0) is 6.92 Å². The second-order valence-corrected chi connectivity index (χ2v) is 4.35. The summed E-state index contributed by atoms with van der Waals surface area (Å²) in [5, 5.41) is 9.43. The highest BCUT2D eigenvalue weighted by Gasteiger charge is 2.13. The number of hydrogen-bond acceptors (Lipinski definition) is 5.